The van der Waals surface area contributed by atoms with Crippen molar-refractivity contribution in [2.24, 2.45) is 0 Å². The summed E-state index contributed by atoms with van der Waals surface area (Å²) in [6.07, 6.45) is 4.79. The van der Waals surface area contributed by atoms with E-state index >= 15 is 0 Å². The maximum Gasteiger partial charge on any atom is 0.255 e. The summed E-state index contributed by atoms with van der Waals surface area (Å²) >= 11 is 6.04. The second kappa shape index (κ2) is 8.16. The number of amides is 2. The van der Waals surface area contributed by atoms with Gasteiger partial charge in [-0.15, -0.1) is 0 Å². The van der Waals surface area contributed by atoms with Crippen molar-refractivity contribution in [2.75, 3.05) is 19.6 Å². The second-order valence-corrected chi connectivity index (χ2v) is 8.42. The van der Waals surface area contributed by atoms with Crippen LogP contribution in [-0.2, 0) is 11.2 Å². The molecule has 1 fully saturated rings. The molecule has 1 aromatic heterocycles. The number of piperazine rings is 1. The lowest BCUT2D eigenvalue weighted by Crippen LogP contribution is -2.50. The monoisotopic (exact) mass is 431 g/mol. The maximum atomic E-state index is 13.6. The lowest BCUT2D eigenvalue weighted by atomic mass is 9.85. The lowest BCUT2D eigenvalue weighted by Gasteiger charge is -2.29. The zero-order valence-electron chi connectivity index (χ0n) is 17.0. The van der Waals surface area contributed by atoms with Gasteiger partial charge in [-0.1, -0.05) is 41.9 Å². The summed E-state index contributed by atoms with van der Waals surface area (Å²) in [5.74, 6) is -0.201. The van der Waals surface area contributed by atoms with Gasteiger partial charge in [-0.05, 0) is 60.2 Å². The summed E-state index contributed by atoms with van der Waals surface area (Å²) in [5.41, 5.74) is 5.56. The van der Waals surface area contributed by atoms with Crippen LogP contribution >= 0.6 is 11.6 Å². The smallest absolute Gasteiger partial charge is 0.255 e. The normalized spacial score (nSPS) is 17.5. The van der Waals surface area contributed by atoms with Gasteiger partial charge in [0, 0.05) is 23.5 Å². The summed E-state index contributed by atoms with van der Waals surface area (Å²) in [6, 6.07) is 15.5. The predicted molar refractivity (Wildman–Crippen MR) is 123 cm³/mol. The summed E-state index contributed by atoms with van der Waals surface area (Å²) in [4.78, 5) is 32.1. The minimum atomic E-state index is -0.116. The van der Waals surface area contributed by atoms with E-state index in [0.29, 0.717) is 23.7 Å². The van der Waals surface area contributed by atoms with Gasteiger partial charge in [-0.25, -0.2) is 4.98 Å². The minimum Gasteiger partial charge on any atom is -0.353 e. The van der Waals surface area contributed by atoms with Crippen molar-refractivity contribution in [2.45, 2.75) is 19.3 Å². The van der Waals surface area contributed by atoms with Gasteiger partial charge in [-0.2, -0.15) is 0 Å². The molecule has 156 valence electrons. The van der Waals surface area contributed by atoms with Crippen LogP contribution in [0.5, 0.6) is 0 Å². The van der Waals surface area contributed by atoms with Crippen molar-refractivity contribution >= 4 is 46.0 Å². The van der Waals surface area contributed by atoms with Crippen LogP contribution in [0.3, 0.4) is 0 Å². The van der Waals surface area contributed by atoms with E-state index in [1.54, 1.807) is 4.90 Å². The molecule has 0 unspecified atom stereocenters. The van der Waals surface area contributed by atoms with Crippen molar-refractivity contribution in [3.8, 4) is 0 Å². The molecule has 3 aromatic rings. The average molecular weight is 432 g/mol. The third-order valence-electron chi connectivity index (χ3n) is 5.92. The van der Waals surface area contributed by atoms with Crippen molar-refractivity contribution in [3.63, 3.8) is 0 Å². The van der Waals surface area contributed by atoms with Crippen LogP contribution in [0, 0.1) is 0 Å². The molecule has 2 aliphatic rings. The Morgan fingerprint density at radius 2 is 1.90 bits per heavy atom. The number of allylic oxidation sites excluding steroid dienone is 1. The van der Waals surface area contributed by atoms with Crippen LogP contribution in [0.1, 0.15) is 40.0 Å². The molecule has 1 saturated heterocycles. The van der Waals surface area contributed by atoms with Gasteiger partial charge >= 0.3 is 0 Å². The number of rotatable bonds is 2. The molecular weight excluding hydrogens is 410 g/mol. The molecule has 2 heterocycles. The quantitative estimate of drug-likeness (QED) is 0.656. The molecular formula is C25H22ClN3O2. The summed E-state index contributed by atoms with van der Waals surface area (Å²) in [7, 11) is 0. The molecule has 1 aliphatic carbocycles. The number of hydrogen-bond donors (Lipinski definition) is 1. The Bertz CT molecular complexity index is 1220. The van der Waals surface area contributed by atoms with E-state index < -0.39 is 0 Å². The summed E-state index contributed by atoms with van der Waals surface area (Å²) in [5, 5.41) is 4.35. The van der Waals surface area contributed by atoms with Crippen molar-refractivity contribution in [3.05, 3.63) is 75.9 Å². The third-order valence-corrected chi connectivity index (χ3v) is 6.17. The number of carbonyl (C=O) groups is 2. The lowest BCUT2D eigenvalue weighted by molar-refractivity contribution is -0.123. The SMILES string of the molecule is O=C1CN(C(=O)c2c3c(nc4ccccc24)/C(=C\c2ccc(Cl)cc2)CCC3)CCN1. The number of hydrogen-bond acceptors (Lipinski definition) is 3. The van der Waals surface area contributed by atoms with Gasteiger partial charge in [-0.3, -0.25) is 9.59 Å². The van der Waals surface area contributed by atoms with Gasteiger partial charge in [0.15, 0.2) is 0 Å². The number of halogens is 1. The second-order valence-electron chi connectivity index (χ2n) is 7.98. The number of aromatic nitrogens is 1. The molecule has 0 spiro atoms. The van der Waals surface area contributed by atoms with Crippen LogP contribution < -0.4 is 5.32 Å². The molecule has 1 aliphatic heterocycles. The first-order valence-corrected chi connectivity index (χ1v) is 10.9. The fraction of sp³-hybridized carbons (Fsp3) is 0.240. The predicted octanol–water partition coefficient (Wildman–Crippen LogP) is 4.34. The van der Waals surface area contributed by atoms with E-state index in [1.165, 1.54) is 0 Å². The highest BCUT2D eigenvalue weighted by molar-refractivity contribution is 6.30. The number of para-hydroxylation sites is 1. The van der Waals surface area contributed by atoms with E-state index in [4.69, 9.17) is 16.6 Å². The van der Waals surface area contributed by atoms with E-state index in [2.05, 4.69) is 11.4 Å². The molecule has 5 rings (SSSR count). The van der Waals surface area contributed by atoms with Crippen LogP contribution in [0.25, 0.3) is 22.6 Å². The van der Waals surface area contributed by atoms with Gasteiger partial charge in [0.1, 0.15) is 0 Å². The fourth-order valence-corrected chi connectivity index (χ4v) is 4.58. The standard InChI is InChI=1S/C25H22ClN3O2/c26-18-10-8-16(9-11-18)14-17-4-3-6-20-23(25(31)29-13-12-27-22(30)15-29)19-5-1-2-7-21(19)28-24(17)20/h1-2,5,7-11,14H,3-4,6,12-13,15H2,(H,27,30)/b17-14-. The zero-order valence-corrected chi connectivity index (χ0v) is 17.8. The number of nitrogens with zero attached hydrogens (tertiary/aromatic N) is 2. The molecule has 0 saturated carbocycles. The fourth-order valence-electron chi connectivity index (χ4n) is 4.45. The molecule has 1 N–H and O–H groups in total. The van der Waals surface area contributed by atoms with E-state index in [9.17, 15) is 9.59 Å². The van der Waals surface area contributed by atoms with Gasteiger partial charge in [0.05, 0.1) is 23.3 Å². The Balaban J connectivity index is 1.66. The molecule has 31 heavy (non-hydrogen) atoms. The highest BCUT2D eigenvalue weighted by Crippen LogP contribution is 2.36. The molecule has 0 bridgehead atoms. The molecule has 0 atom stereocenters. The van der Waals surface area contributed by atoms with Gasteiger partial charge < -0.3 is 10.2 Å². The van der Waals surface area contributed by atoms with Crippen LogP contribution in [0.4, 0.5) is 0 Å². The molecule has 2 aromatic carbocycles. The largest absolute Gasteiger partial charge is 0.353 e. The Hall–Kier alpha value is -3.18. The Morgan fingerprint density at radius 1 is 1.10 bits per heavy atom. The molecule has 6 heteroatoms. The highest BCUT2D eigenvalue weighted by Gasteiger charge is 2.29. The third kappa shape index (κ3) is 3.81. The molecule has 2 amide bonds. The topological polar surface area (TPSA) is 62.3 Å². The average Bonchev–Trinajstić information content (AvgIpc) is 2.79. The number of benzene rings is 2. The van der Waals surface area contributed by atoms with Gasteiger partial charge in [0.2, 0.25) is 5.91 Å². The number of carbonyl (C=O) groups excluding carboxylic acids is 2. The van der Waals surface area contributed by atoms with Crippen molar-refractivity contribution in [1.82, 2.24) is 15.2 Å². The first-order valence-electron chi connectivity index (χ1n) is 10.5. The Kier molecular flexibility index (Phi) is 5.20. The van der Waals surface area contributed by atoms with E-state index in [1.807, 2.05) is 48.5 Å². The Morgan fingerprint density at radius 3 is 2.71 bits per heavy atom. The molecule has 5 nitrogen and oxygen atoms in total. The van der Waals surface area contributed by atoms with Crippen LogP contribution in [-0.4, -0.2) is 41.3 Å². The van der Waals surface area contributed by atoms with Gasteiger partial charge in [0.25, 0.3) is 5.91 Å². The van der Waals surface area contributed by atoms with Crippen LogP contribution in [0.15, 0.2) is 48.5 Å². The number of nitrogens with one attached hydrogen (secondary N) is 1. The van der Waals surface area contributed by atoms with Crippen molar-refractivity contribution in [1.29, 1.82) is 0 Å². The summed E-state index contributed by atoms with van der Waals surface area (Å²) < 4.78 is 0. The Labute approximate surface area is 185 Å². The number of pyridine rings is 1. The summed E-state index contributed by atoms with van der Waals surface area (Å²) in [6.45, 7) is 1.10. The first-order chi connectivity index (χ1) is 15.1. The zero-order chi connectivity index (χ0) is 21.4. The first kappa shape index (κ1) is 19.8. The van der Waals surface area contributed by atoms with Crippen molar-refractivity contribution < 1.29 is 9.59 Å². The highest BCUT2D eigenvalue weighted by atomic mass is 35.5. The number of fused-ring (bicyclic) bond motifs is 2. The van der Waals surface area contributed by atoms with E-state index in [-0.39, 0.29) is 18.4 Å². The molecule has 0 radical (unpaired) electrons. The van der Waals surface area contributed by atoms with Crippen LogP contribution in [0.2, 0.25) is 5.02 Å². The van der Waals surface area contributed by atoms with E-state index in [0.717, 1.165) is 52.6 Å². The minimum absolute atomic E-state index is 0.0857. The maximum absolute atomic E-state index is 13.6.